The molecular weight excluding hydrogens is 408 g/mol. The topological polar surface area (TPSA) is 94.8 Å². The molecule has 0 bridgehead atoms. The van der Waals surface area contributed by atoms with Gasteiger partial charge in [-0.1, -0.05) is 6.92 Å². The number of hydrogen-bond acceptors (Lipinski definition) is 7. The lowest BCUT2D eigenvalue weighted by atomic mass is 9.98. The van der Waals surface area contributed by atoms with Crippen molar-refractivity contribution in [3.63, 3.8) is 0 Å². The molecule has 2 aliphatic heterocycles. The Morgan fingerprint density at radius 3 is 2.41 bits per heavy atom. The maximum Gasteiger partial charge on any atom is 0.270 e. The Morgan fingerprint density at radius 2 is 1.78 bits per heavy atom. The summed E-state index contributed by atoms with van der Waals surface area (Å²) in [5.41, 5.74) is 1.96. The SMILES string of the molecule is CC1CCN(c2ccc([N+](=O)[O-])cc2C(=O)Nc2ccc(N3CCN(C)CC3)cn2)CC1. The molecule has 0 saturated carbocycles. The molecule has 1 N–H and O–H groups in total. The fourth-order valence-corrected chi connectivity index (χ4v) is 4.24. The first-order valence-corrected chi connectivity index (χ1v) is 11.1. The number of benzene rings is 1. The van der Waals surface area contributed by atoms with E-state index in [1.165, 1.54) is 12.1 Å². The number of nitro groups is 1. The van der Waals surface area contributed by atoms with Crippen LogP contribution in [-0.4, -0.2) is 67.0 Å². The van der Waals surface area contributed by atoms with Gasteiger partial charge < -0.3 is 20.0 Å². The summed E-state index contributed by atoms with van der Waals surface area (Å²) in [5.74, 6) is 0.685. The van der Waals surface area contributed by atoms with Crippen LogP contribution in [0.3, 0.4) is 0 Å². The number of carbonyl (C=O) groups is 1. The van der Waals surface area contributed by atoms with Crippen LogP contribution in [-0.2, 0) is 0 Å². The van der Waals surface area contributed by atoms with E-state index in [0.29, 0.717) is 17.3 Å². The van der Waals surface area contributed by atoms with Crippen LogP contribution in [0.15, 0.2) is 36.5 Å². The molecule has 0 spiro atoms. The molecule has 1 aromatic carbocycles. The first kappa shape index (κ1) is 22.0. The fourth-order valence-electron chi connectivity index (χ4n) is 4.24. The third-order valence-corrected chi connectivity index (χ3v) is 6.42. The second-order valence-electron chi connectivity index (χ2n) is 8.77. The van der Waals surface area contributed by atoms with Crippen LogP contribution >= 0.6 is 0 Å². The summed E-state index contributed by atoms with van der Waals surface area (Å²) in [6.07, 6.45) is 3.84. The highest BCUT2D eigenvalue weighted by Gasteiger charge is 2.24. The van der Waals surface area contributed by atoms with Crippen LogP contribution < -0.4 is 15.1 Å². The van der Waals surface area contributed by atoms with Gasteiger partial charge in [-0.05, 0) is 44.0 Å². The average Bonchev–Trinajstić information content (AvgIpc) is 2.80. The lowest BCUT2D eigenvalue weighted by molar-refractivity contribution is -0.384. The van der Waals surface area contributed by atoms with Gasteiger partial charge in [0.2, 0.25) is 0 Å². The van der Waals surface area contributed by atoms with E-state index in [1.54, 1.807) is 18.3 Å². The zero-order chi connectivity index (χ0) is 22.7. The standard InChI is InChI=1S/C23H30N6O3/c1-17-7-9-28(10-8-17)21-5-3-18(29(31)32)15-20(21)23(30)25-22-6-4-19(16-24-22)27-13-11-26(2)12-14-27/h3-6,15-17H,7-14H2,1-2H3,(H,24,25,30). The molecule has 0 atom stereocenters. The van der Waals surface area contributed by atoms with Crippen molar-refractivity contribution in [1.29, 1.82) is 0 Å². The van der Waals surface area contributed by atoms with E-state index in [0.717, 1.165) is 63.5 Å². The summed E-state index contributed by atoms with van der Waals surface area (Å²) < 4.78 is 0. The number of likely N-dealkylation sites (N-methyl/N-ethyl adjacent to an activating group) is 1. The fraction of sp³-hybridized carbons (Fsp3) is 0.478. The molecular formula is C23H30N6O3. The number of carbonyl (C=O) groups excluding carboxylic acids is 1. The zero-order valence-electron chi connectivity index (χ0n) is 18.7. The van der Waals surface area contributed by atoms with Crippen LogP contribution in [0.1, 0.15) is 30.1 Å². The molecule has 0 radical (unpaired) electrons. The van der Waals surface area contributed by atoms with E-state index in [4.69, 9.17) is 0 Å². The number of nitrogens with zero attached hydrogens (tertiary/aromatic N) is 5. The number of nitrogens with one attached hydrogen (secondary N) is 1. The number of anilines is 3. The highest BCUT2D eigenvalue weighted by atomic mass is 16.6. The van der Waals surface area contributed by atoms with Crippen molar-refractivity contribution >= 4 is 28.8 Å². The van der Waals surface area contributed by atoms with Crippen LogP contribution in [0.5, 0.6) is 0 Å². The largest absolute Gasteiger partial charge is 0.371 e. The molecule has 2 saturated heterocycles. The lowest BCUT2D eigenvalue weighted by Crippen LogP contribution is -2.44. The molecule has 4 rings (SSSR count). The highest BCUT2D eigenvalue weighted by Crippen LogP contribution is 2.30. The van der Waals surface area contributed by atoms with Crippen molar-refractivity contribution in [2.75, 3.05) is 61.4 Å². The smallest absolute Gasteiger partial charge is 0.270 e. The van der Waals surface area contributed by atoms with Crippen molar-refractivity contribution in [3.8, 4) is 0 Å². The Bertz CT molecular complexity index is 964. The molecule has 170 valence electrons. The number of nitro benzene ring substituents is 1. The van der Waals surface area contributed by atoms with Gasteiger partial charge in [0.15, 0.2) is 0 Å². The molecule has 9 heteroatoms. The van der Waals surface area contributed by atoms with Crippen LogP contribution in [0.4, 0.5) is 22.9 Å². The minimum atomic E-state index is -0.470. The summed E-state index contributed by atoms with van der Waals surface area (Å²) in [4.78, 5) is 35.1. The number of non-ortho nitro benzene ring substituents is 1. The third kappa shape index (κ3) is 4.99. The van der Waals surface area contributed by atoms with E-state index in [2.05, 4.69) is 39.0 Å². The monoisotopic (exact) mass is 438 g/mol. The van der Waals surface area contributed by atoms with E-state index < -0.39 is 4.92 Å². The van der Waals surface area contributed by atoms with Crippen LogP contribution in [0.2, 0.25) is 0 Å². The van der Waals surface area contributed by atoms with E-state index >= 15 is 0 Å². The Labute approximate surface area is 188 Å². The van der Waals surface area contributed by atoms with Gasteiger partial charge in [-0.3, -0.25) is 14.9 Å². The van der Waals surface area contributed by atoms with Crippen molar-refractivity contribution in [3.05, 3.63) is 52.2 Å². The highest BCUT2D eigenvalue weighted by molar-refractivity contribution is 6.08. The molecule has 3 heterocycles. The number of aromatic nitrogens is 1. The number of hydrogen-bond donors (Lipinski definition) is 1. The second kappa shape index (κ2) is 9.52. The summed E-state index contributed by atoms with van der Waals surface area (Å²) in [6.45, 7) is 7.77. The Kier molecular flexibility index (Phi) is 6.55. The van der Waals surface area contributed by atoms with Gasteiger partial charge in [0.05, 0.1) is 28.1 Å². The van der Waals surface area contributed by atoms with E-state index in [-0.39, 0.29) is 11.6 Å². The average molecular weight is 439 g/mol. The quantitative estimate of drug-likeness (QED) is 0.566. The molecule has 32 heavy (non-hydrogen) atoms. The first-order chi connectivity index (χ1) is 15.4. The molecule has 2 aromatic rings. The summed E-state index contributed by atoms with van der Waals surface area (Å²) in [7, 11) is 2.11. The van der Waals surface area contributed by atoms with Crippen molar-refractivity contribution in [2.45, 2.75) is 19.8 Å². The third-order valence-electron chi connectivity index (χ3n) is 6.42. The number of amides is 1. The Balaban J connectivity index is 1.51. The molecule has 0 aliphatic carbocycles. The Hall–Kier alpha value is -3.20. The van der Waals surface area contributed by atoms with Gasteiger partial charge in [-0.15, -0.1) is 0 Å². The van der Waals surface area contributed by atoms with Gasteiger partial charge in [0.1, 0.15) is 5.82 Å². The molecule has 2 fully saturated rings. The second-order valence-corrected chi connectivity index (χ2v) is 8.77. The molecule has 1 amide bonds. The lowest BCUT2D eigenvalue weighted by Gasteiger charge is -2.33. The van der Waals surface area contributed by atoms with E-state index in [9.17, 15) is 14.9 Å². The number of pyridine rings is 1. The minimum absolute atomic E-state index is 0.0948. The number of rotatable bonds is 5. The van der Waals surface area contributed by atoms with Crippen molar-refractivity contribution in [2.24, 2.45) is 5.92 Å². The number of piperazine rings is 1. The van der Waals surface area contributed by atoms with Crippen LogP contribution in [0, 0.1) is 16.0 Å². The molecule has 9 nitrogen and oxygen atoms in total. The van der Waals surface area contributed by atoms with Crippen LogP contribution in [0.25, 0.3) is 0 Å². The molecule has 1 aromatic heterocycles. The minimum Gasteiger partial charge on any atom is -0.371 e. The molecule has 0 unspecified atom stereocenters. The maximum atomic E-state index is 13.1. The first-order valence-electron chi connectivity index (χ1n) is 11.1. The zero-order valence-corrected chi connectivity index (χ0v) is 18.7. The summed E-state index contributed by atoms with van der Waals surface area (Å²) in [6, 6.07) is 8.25. The number of piperidine rings is 1. The Morgan fingerprint density at radius 1 is 1.06 bits per heavy atom. The van der Waals surface area contributed by atoms with Gasteiger partial charge in [0, 0.05) is 51.4 Å². The van der Waals surface area contributed by atoms with Gasteiger partial charge >= 0.3 is 0 Å². The van der Waals surface area contributed by atoms with E-state index in [1.807, 2.05) is 6.07 Å². The van der Waals surface area contributed by atoms with Gasteiger partial charge in [0.25, 0.3) is 11.6 Å². The van der Waals surface area contributed by atoms with Crippen molar-refractivity contribution < 1.29 is 9.72 Å². The predicted octanol–water partition coefficient (Wildman–Crippen LogP) is 3.23. The van der Waals surface area contributed by atoms with Gasteiger partial charge in [-0.25, -0.2) is 4.98 Å². The maximum absolute atomic E-state index is 13.1. The normalized spacial score (nSPS) is 17.9. The van der Waals surface area contributed by atoms with Crippen molar-refractivity contribution in [1.82, 2.24) is 9.88 Å². The summed E-state index contributed by atoms with van der Waals surface area (Å²) in [5, 5.41) is 14.1. The molecule has 2 aliphatic rings. The van der Waals surface area contributed by atoms with Gasteiger partial charge in [-0.2, -0.15) is 0 Å². The predicted molar refractivity (Wildman–Crippen MR) is 126 cm³/mol. The summed E-state index contributed by atoms with van der Waals surface area (Å²) >= 11 is 0.